The van der Waals surface area contributed by atoms with Gasteiger partial charge in [0.2, 0.25) is 0 Å². The lowest BCUT2D eigenvalue weighted by molar-refractivity contribution is 0.0154. The monoisotopic (exact) mass is 207 g/mol. The van der Waals surface area contributed by atoms with Gasteiger partial charge in [0.1, 0.15) is 0 Å². The van der Waals surface area contributed by atoms with Crippen LogP contribution in [0.5, 0.6) is 0 Å². The number of halogens is 1. The molecule has 1 unspecified atom stereocenters. The van der Waals surface area contributed by atoms with E-state index in [1.165, 1.54) is 0 Å². The fourth-order valence-corrected chi connectivity index (χ4v) is 1.31. The molecule has 0 aromatic heterocycles. The van der Waals surface area contributed by atoms with Gasteiger partial charge in [0.25, 0.3) is 0 Å². The number of alkyl halides is 1. The summed E-state index contributed by atoms with van der Waals surface area (Å²) in [6.45, 7) is 7.29. The van der Waals surface area contributed by atoms with Crippen LogP contribution in [0.3, 0.4) is 0 Å². The fraction of sp³-hybridized carbons (Fsp3) is 1.00. The van der Waals surface area contributed by atoms with E-state index in [9.17, 15) is 0 Å². The summed E-state index contributed by atoms with van der Waals surface area (Å²) >= 11 is 5.76. The normalized spacial score (nSPS) is 14.5. The molecule has 0 aliphatic rings. The van der Waals surface area contributed by atoms with E-state index in [0.717, 1.165) is 19.4 Å². The average Bonchev–Trinajstić information content (AvgIpc) is 2.12. The van der Waals surface area contributed by atoms with Gasteiger partial charge in [-0.25, -0.2) is 0 Å². The maximum absolute atomic E-state index is 5.76. The molecule has 0 aliphatic heterocycles. The van der Waals surface area contributed by atoms with Crippen LogP contribution in [0.4, 0.5) is 0 Å². The first-order valence-electron chi connectivity index (χ1n) is 4.90. The van der Waals surface area contributed by atoms with Crippen LogP contribution in [0.2, 0.25) is 0 Å². The van der Waals surface area contributed by atoms with Gasteiger partial charge in [-0.05, 0) is 33.2 Å². The van der Waals surface area contributed by atoms with E-state index in [4.69, 9.17) is 16.3 Å². The third kappa shape index (κ3) is 6.30. The second kappa shape index (κ2) is 6.63. The van der Waals surface area contributed by atoms with Gasteiger partial charge in [-0.2, -0.15) is 0 Å². The summed E-state index contributed by atoms with van der Waals surface area (Å²) in [7, 11) is 1.75. The average molecular weight is 208 g/mol. The van der Waals surface area contributed by atoms with Gasteiger partial charge in [0.15, 0.2) is 0 Å². The third-order valence-corrected chi connectivity index (χ3v) is 2.76. The molecule has 1 atom stereocenters. The predicted octanol–water partition coefficient (Wildman–Crippen LogP) is 2.41. The molecule has 13 heavy (non-hydrogen) atoms. The van der Waals surface area contributed by atoms with E-state index in [1.807, 2.05) is 0 Å². The van der Waals surface area contributed by atoms with E-state index in [2.05, 4.69) is 26.1 Å². The van der Waals surface area contributed by atoms with Crippen molar-refractivity contribution in [1.82, 2.24) is 5.32 Å². The largest absolute Gasteiger partial charge is 0.379 e. The quantitative estimate of drug-likeness (QED) is 0.648. The molecule has 0 spiro atoms. The van der Waals surface area contributed by atoms with E-state index < -0.39 is 0 Å². The van der Waals surface area contributed by atoms with Crippen molar-refractivity contribution in [3.05, 3.63) is 0 Å². The summed E-state index contributed by atoms with van der Waals surface area (Å²) in [5.74, 6) is 0.684. The Labute approximate surface area is 87.0 Å². The number of methoxy groups -OCH3 is 1. The first-order chi connectivity index (χ1) is 6.05. The molecule has 0 rings (SSSR count). The third-order valence-electron chi connectivity index (χ3n) is 2.39. The van der Waals surface area contributed by atoms with E-state index in [1.54, 1.807) is 7.11 Å². The molecule has 0 saturated heterocycles. The van der Waals surface area contributed by atoms with Crippen molar-refractivity contribution in [2.75, 3.05) is 19.5 Å². The smallest absolute Gasteiger partial charge is 0.0634 e. The van der Waals surface area contributed by atoms with Crippen LogP contribution in [0.25, 0.3) is 0 Å². The maximum atomic E-state index is 5.76. The minimum atomic E-state index is -0.0302. The molecule has 2 nitrogen and oxygen atoms in total. The summed E-state index contributed by atoms with van der Waals surface area (Å²) in [5.41, 5.74) is -0.0302. The minimum absolute atomic E-state index is 0.0302. The molecule has 0 radical (unpaired) electrons. The Morgan fingerprint density at radius 2 is 2.08 bits per heavy atom. The van der Waals surface area contributed by atoms with Crippen LogP contribution >= 0.6 is 11.6 Å². The molecule has 1 N–H and O–H groups in total. The van der Waals surface area contributed by atoms with E-state index >= 15 is 0 Å². The van der Waals surface area contributed by atoms with Gasteiger partial charge in [0.05, 0.1) is 5.60 Å². The lowest BCUT2D eigenvalue weighted by Crippen LogP contribution is -2.35. The number of hydrogen-bond acceptors (Lipinski definition) is 2. The highest BCUT2D eigenvalue weighted by atomic mass is 35.5. The molecule has 80 valence electrons. The first kappa shape index (κ1) is 13.2. The standard InChI is InChI=1S/C10H22ClNO/c1-5-9(8-11)12-7-6-10(2,3)13-4/h9,12H,5-8H2,1-4H3. The second-order valence-electron chi connectivity index (χ2n) is 3.93. The molecule has 0 aromatic rings. The molecule has 0 bridgehead atoms. The van der Waals surface area contributed by atoms with E-state index in [0.29, 0.717) is 11.9 Å². The topological polar surface area (TPSA) is 21.3 Å². The Kier molecular flexibility index (Phi) is 6.74. The fourth-order valence-electron chi connectivity index (χ4n) is 0.987. The maximum Gasteiger partial charge on any atom is 0.0634 e. The first-order valence-corrected chi connectivity index (χ1v) is 5.43. The summed E-state index contributed by atoms with van der Waals surface area (Å²) < 4.78 is 5.31. The highest BCUT2D eigenvalue weighted by Gasteiger charge is 2.15. The van der Waals surface area contributed by atoms with Gasteiger partial charge >= 0.3 is 0 Å². The van der Waals surface area contributed by atoms with Crippen molar-refractivity contribution < 1.29 is 4.74 Å². The Balaban J connectivity index is 3.54. The molecule has 0 saturated carbocycles. The van der Waals surface area contributed by atoms with Gasteiger partial charge in [-0.1, -0.05) is 6.92 Å². The van der Waals surface area contributed by atoms with Crippen molar-refractivity contribution in [3.63, 3.8) is 0 Å². The van der Waals surface area contributed by atoms with Crippen molar-refractivity contribution in [2.45, 2.75) is 45.3 Å². The number of ether oxygens (including phenoxy) is 1. The summed E-state index contributed by atoms with van der Waals surface area (Å²) in [6.07, 6.45) is 2.09. The molecule has 0 fully saturated rings. The second-order valence-corrected chi connectivity index (χ2v) is 4.24. The van der Waals surface area contributed by atoms with E-state index in [-0.39, 0.29) is 5.60 Å². The molecule has 3 heteroatoms. The highest BCUT2D eigenvalue weighted by Crippen LogP contribution is 2.11. The van der Waals surface area contributed by atoms with Crippen LogP contribution in [0.15, 0.2) is 0 Å². The molecular weight excluding hydrogens is 186 g/mol. The van der Waals surface area contributed by atoms with Gasteiger partial charge < -0.3 is 10.1 Å². The Hall–Kier alpha value is 0.210. The molecular formula is C10H22ClNO. The SMILES string of the molecule is CCC(CCl)NCCC(C)(C)OC. The lowest BCUT2D eigenvalue weighted by atomic mass is 10.1. The Bertz CT molecular complexity index is 124. The van der Waals surface area contributed by atoms with Gasteiger partial charge in [-0.15, -0.1) is 11.6 Å². The van der Waals surface area contributed by atoms with Crippen molar-refractivity contribution >= 4 is 11.6 Å². The molecule has 0 amide bonds. The Morgan fingerprint density at radius 3 is 2.46 bits per heavy atom. The number of hydrogen-bond donors (Lipinski definition) is 1. The van der Waals surface area contributed by atoms with Gasteiger partial charge in [0, 0.05) is 19.0 Å². The lowest BCUT2D eigenvalue weighted by Gasteiger charge is -2.24. The van der Waals surface area contributed by atoms with Gasteiger partial charge in [-0.3, -0.25) is 0 Å². The number of nitrogens with one attached hydrogen (secondary N) is 1. The molecule has 0 aliphatic carbocycles. The van der Waals surface area contributed by atoms with Crippen molar-refractivity contribution in [2.24, 2.45) is 0 Å². The molecule has 0 aromatic carbocycles. The number of rotatable bonds is 7. The van der Waals surface area contributed by atoms with Crippen LogP contribution in [-0.2, 0) is 4.74 Å². The van der Waals surface area contributed by atoms with Crippen molar-refractivity contribution in [1.29, 1.82) is 0 Å². The zero-order chi connectivity index (χ0) is 10.3. The molecule has 0 heterocycles. The Morgan fingerprint density at radius 1 is 1.46 bits per heavy atom. The minimum Gasteiger partial charge on any atom is -0.379 e. The van der Waals surface area contributed by atoms with Crippen LogP contribution in [-0.4, -0.2) is 31.2 Å². The highest BCUT2D eigenvalue weighted by molar-refractivity contribution is 6.18. The zero-order valence-electron chi connectivity index (χ0n) is 9.19. The van der Waals surface area contributed by atoms with Crippen molar-refractivity contribution in [3.8, 4) is 0 Å². The summed E-state index contributed by atoms with van der Waals surface area (Å²) in [4.78, 5) is 0. The van der Waals surface area contributed by atoms with Crippen LogP contribution in [0, 0.1) is 0 Å². The van der Waals surface area contributed by atoms with Crippen LogP contribution in [0.1, 0.15) is 33.6 Å². The zero-order valence-corrected chi connectivity index (χ0v) is 9.95. The summed E-state index contributed by atoms with van der Waals surface area (Å²) in [5, 5.41) is 3.40. The van der Waals surface area contributed by atoms with Crippen LogP contribution < -0.4 is 5.32 Å². The predicted molar refractivity (Wildman–Crippen MR) is 58.5 cm³/mol. The summed E-state index contributed by atoms with van der Waals surface area (Å²) in [6, 6.07) is 0.439.